The monoisotopic (exact) mass is 302 g/mol. The first-order valence-corrected chi connectivity index (χ1v) is 6.86. The van der Waals surface area contributed by atoms with Gasteiger partial charge in [-0.1, -0.05) is 0 Å². The van der Waals surface area contributed by atoms with E-state index in [2.05, 4.69) is 5.10 Å². The molecule has 22 heavy (non-hydrogen) atoms. The number of aryl methyl sites for hydroxylation is 1. The number of carbonyl (C=O) groups is 2. The molecule has 1 aromatic heterocycles. The lowest BCUT2D eigenvalue weighted by Gasteiger charge is -2.24. The molecule has 114 valence electrons. The molecule has 0 unspecified atom stereocenters. The first kappa shape index (κ1) is 14.2. The van der Waals surface area contributed by atoms with Crippen molar-refractivity contribution in [2.24, 2.45) is 5.73 Å². The highest BCUT2D eigenvalue weighted by Gasteiger charge is 2.27. The van der Waals surface area contributed by atoms with Gasteiger partial charge in [-0.25, -0.2) is 4.39 Å². The summed E-state index contributed by atoms with van der Waals surface area (Å²) in [5, 5.41) is 4.40. The van der Waals surface area contributed by atoms with E-state index in [4.69, 9.17) is 5.73 Å². The van der Waals surface area contributed by atoms with E-state index in [1.165, 1.54) is 12.1 Å². The SMILES string of the molecule is Cc1cc(F)cc(-c2nn3c(c2C(N)=O)CN(C=O)CC3)c1. The predicted molar refractivity (Wildman–Crippen MR) is 77.3 cm³/mol. The second-order valence-electron chi connectivity index (χ2n) is 5.35. The average molecular weight is 302 g/mol. The van der Waals surface area contributed by atoms with Crippen LogP contribution in [0.15, 0.2) is 18.2 Å². The lowest BCUT2D eigenvalue weighted by molar-refractivity contribution is -0.119. The summed E-state index contributed by atoms with van der Waals surface area (Å²) >= 11 is 0. The predicted octanol–water partition coefficient (Wildman–Crippen LogP) is 1.07. The lowest BCUT2D eigenvalue weighted by Crippen LogP contribution is -2.34. The van der Waals surface area contributed by atoms with Crippen LogP contribution in [0.1, 0.15) is 21.6 Å². The molecule has 6 nitrogen and oxygen atoms in total. The molecule has 0 saturated carbocycles. The number of hydrogen-bond donors (Lipinski definition) is 1. The maximum Gasteiger partial charge on any atom is 0.252 e. The van der Waals surface area contributed by atoms with Gasteiger partial charge in [0.15, 0.2) is 0 Å². The molecule has 0 atom stereocenters. The lowest BCUT2D eigenvalue weighted by atomic mass is 10.0. The van der Waals surface area contributed by atoms with Crippen LogP contribution >= 0.6 is 0 Å². The number of rotatable bonds is 3. The van der Waals surface area contributed by atoms with Crippen molar-refractivity contribution in [2.45, 2.75) is 20.0 Å². The Bertz CT molecular complexity index is 749. The summed E-state index contributed by atoms with van der Waals surface area (Å²) < 4.78 is 15.3. The average Bonchev–Trinajstić information content (AvgIpc) is 2.84. The second-order valence-corrected chi connectivity index (χ2v) is 5.35. The number of halogens is 1. The molecule has 0 bridgehead atoms. The molecule has 1 aliphatic heterocycles. The zero-order valence-corrected chi connectivity index (χ0v) is 12.0. The van der Waals surface area contributed by atoms with Gasteiger partial charge in [0.1, 0.15) is 11.5 Å². The number of benzene rings is 1. The van der Waals surface area contributed by atoms with E-state index in [-0.39, 0.29) is 12.1 Å². The van der Waals surface area contributed by atoms with Gasteiger partial charge in [0.2, 0.25) is 6.41 Å². The molecule has 2 N–H and O–H groups in total. The number of amides is 2. The summed E-state index contributed by atoms with van der Waals surface area (Å²) in [6, 6.07) is 4.48. The summed E-state index contributed by atoms with van der Waals surface area (Å²) in [7, 11) is 0. The summed E-state index contributed by atoms with van der Waals surface area (Å²) in [4.78, 5) is 24.4. The molecule has 2 amide bonds. The molecule has 0 fully saturated rings. The quantitative estimate of drug-likeness (QED) is 0.861. The third-order valence-corrected chi connectivity index (χ3v) is 3.72. The molecule has 7 heteroatoms. The molecule has 0 spiro atoms. The zero-order valence-electron chi connectivity index (χ0n) is 12.0. The zero-order chi connectivity index (χ0) is 15.9. The topological polar surface area (TPSA) is 81.2 Å². The fourth-order valence-electron chi connectivity index (χ4n) is 2.76. The number of aromatic nitrogens is 2. The van der Waals surface area contributed by atoms with Gasteiger partial charge in [-0.05, 0) is 30.7 Å². The summed E-state index contributed by atoms with van der Waals surface area (Å²) in [5.74, 6) is -1.03. The van der Waals surface area contributed by atoms with Crippen molar-refractivity contribution in [2.75, 3.05) is 6.54 Å². The summed E-state index contributed by atoms with van der Waals surface area (Å²) in [5.41, 5.74) is 7.92. The Kier molecular flexibility index (Phi) is 3.40. The van der Waals surface area contributed by atoms with E-state index in [0.29, 0.717) is 30.0 Å². The van der Waals surface area contributed by atoms with Gasteiger partial charge >= 0.3 is 0 Å². The van der Waals surface area contributed by atoms with Crippen LogP contribution in [0.4, 0.5) is 4.39 Å². The number of hydrogen-bond acceptors (Lipinski definition) is 3. The maximum atomic E-state index is 13.6. The third kappa shape index (κ3) is 2.34. The van der Waals surface area contributed by atoms with Crippen molar-refractivity contribution in [3.8, 4) is 11.3 Å². The first-order chi connectivity index (χ1) is 10.5. The number of nitrogens with two attached hydrogens (primary N) is 1. The molecule has 0 aliphatic carbocycles. The normalized spacial score (nSPS) is 13.8. The van der Waals surface area contributed by atoms with Crippen LogP contribution in [0.2, 0.25) is 0 Å². The van der Waals surface area contributed by atoms with Crippen molar-refractivity contribution >= 4 is 12.3 Å². The van der Waals surface area contributed by atoms with Crippen LogP contribution in [0.25, 0.3) is 11.3 Å². The van der Waals surface area contributed by atoms with Gasteiger partial charge in [-0.15, -0.1) is 0 Å². The van der Waals surface area contributed by atoms with Crippen molar-refractivity contribution in [1.82, 2.24) is 14.7 Å². The number of nitrogens with zero attached hydrogens (tertiary/aromatic N) is 3. The Labute approximate surface area is 126 Å². The molecule has 2 heterocycles. The Morgan fingerprint density at radius 3 is 2.77 bits per heavy atom. The van der Waals surface area contributed by atoms with Crippen LogP contribution < -0.4 is 5.73 Å². The van der Waals surface area contributed by atoms with Gasteiger partial charge in [0.05, 0.1) is 24.3 Å². The number of carbonyl (C=O) groups excluding carboxylic acids is 2. The van der Waals surface area contributed by atoms with Gasteiger partial charge < -0.3 is 10.6 Å². The fourth-order valence-corrected chi connectivity index (χ4v) is 2.76. The van der Waals surface area contributed by atoms with Crippen LogP contribution in [-0.4, -0.2) is 33.5 Å². The van der Waals surface area contributed by atoms with Gasteiger partial charge in [0, 0.05) is 12.1 Å². The largest absolute Gasteiger partial charge is 0.365 e. The van der Waals surface area contributed by atoms with Gasteiger partial charge in [-0.3, -0.25) is 14.3 Å². The number of primary amides is 1. The fraction of sp³-hybridized carbons (Fsp3) is 0.267. The molecule has 1 aromatic carbocycles. The van der Waals surface area contributed by atoms with Crippen molar-refractivity contribution in [1.29, 1.82) is 0 Å². The van der Waals surface area contributed by atoms with Crippen molar-refractivity contribution < 1.29 is 14.0 Å². The molecular weight excluding hydrogens is 287 g/mol. The van der Waals surface area contributed by atoms with E-state index in [0.717, 1.165) is 12.0 Å². The highest BCUT2D eigenvalue weighted by Crippen LogP contribution is 2.29. The Morgan fingerprint density at radius 2 is 2.14 bits per heavy atom. The molecule has 0 radical (unpaired) electrons. The van der Waals surface area contributed by atoms with Gasteiger partial charge in [-0.2, -0.15) is 5.10 Å². The minimum atomic E-state index is -0.633. The Morgan fingerprint density at radius 1 is 1.36 bits per heavy atom. The second kappa shape index (κ2) is 5.25. The Balaban J connectivity index is 2.18. The van der Waals surface area contributed by atoms with E-state index < -0.39 is 11.7 Å². The van der Waals surface area contributed by atoms with Gasteiger partial charge in [0.25, 0.3) is 5.91 Å². The highest BCUT2D eigenvalue weighted by atomic mass is 19.1. The number of fused-ring (bicyclic) bond motifs is 1. The molecular formula is C15H15FN4O2. The van der Waals surface area contributed by atoms with Crippen molar-refractivity contribution in [3.63, 3.8) is 0 Å². The molecule has 0 saturated heterocycles. The van der Waals surface area contributed by atoms with Crippen LogP contribution in [0.3, 0.4) is 0 Å². The standard InChI is InChI=1S/C15H15FN4O2/c1-9-4-10(6-11(16)5-9)14-13(15(17)22)12-7-19(8-21)2-3-20(12)18-14/h4-6,8H,2-3,7H2,1H3,(H2,17,22). The Hall–Kier alpha value is -2.70. The van der Waals surface area contributed by atoms with Crippen LogP contribution in [-0.2, 0) is 17.9 Å². The molecule has 3 rings (SSSR count). The van der Waals surface area contributed by atoms with Crippen molar-refractivity contribution in [3.05, 3.63) is 40.8 Å². The van der Waals surface area contributed by atoms with E-state index >= 15 is 0 Å². The summed E-state index contributed by atoms with van der Waals surface area (Å²) in [6.45, 7) is 3.02. The maximum absolute atomic E-state index is 13.6. The first-order valence-electron chi connectivity index (χ1n) is 6.86. The van der Waals surface area contributed by atoms with E-state index in [1.54, 1.807) is 22.6 Å². The summed E-state index contributed by atoms with van der Waals surface area (Å²) in [6.07, 6.45) is 0.729. The minimum Gasteiger partial charge on any atom is -0.365 e. The van der Waals surface area contributed by atoms with E-state index in [9.17, 15) is 14.0 Å². The smallest absolute Gasteiger partial charge is 0.252 e. The molecule has 2 aromatic rings. The minimum absolute atomic E-state index is 0.247. The molecule has 1 aliphatic rings. The van der Waals surface area contributed by atoms with Crippen LogP contribution in [0.5, 0.6) is 0 Å². The highest BCUT2D eigenvalue weighted by molar-refractivity contribution is 6.00. The third-order valence-electron chi connectivity index (χ3n) is 3.72. The van der Waals surface area contributed by atoms with E-state index in [1.807, 2.05) is 0 Å². The van der Waals surface area contributed by atoms with Crippen LogP contribution in [0, 0.1) is 12.7 Å².